The van der Waals surface area contributed by atoms with Crippen LogP contribution < -0.4 is 5.32 Å². The van der Waals surface area contributed by atoms with Gasteiger partial charge in [0.15, 0.2) is 0 Å². The van der Waals surface area contributed by atoms with E-state index in [-0.39, 0.29) is 0 Å². The zero-order chi connectivity index (χ0) is 12.2. The van der Waals surface area contributed by atoms with E-state index in [1.807, 2.05) is 7.11 Å². The lowest BCUT2D eigenvalue weighted by Gasteiger charge is -2.64. The minimum Gasteiger partial charge on any atom is -0.383 e. The van der Waals surface area contributed by atoms with Gasteiger partial charge in [-0.3, -0.25) is 0 Å². The third kappa shape index (κ3) is 1.53. The van der Waals surface area contributed by atoms with E-state index in [9.17, 15) is 0 Å². The summed E-state index contributed by atoms with van der Waals surface area (Å²) in [4.78, 5) is 0. The van der Waals surface area contributed by atoms with Crippen LogP contribution in [-0.2, 0) is 9.47 Å². The van der Waals surface area contributed by atoms with E-state index in [1.165, 1.54) is 38.5 Å². The van der Waals surface area contributed by atoms with Gasteiger partial charge in [0.05, 0.1) is 12.7 Å². The Kier molecular flexibility index (Phi) is 2.72. The van der Waals surface area contributed by atoms with Crippen molar-refractivity contribution in [2.45, 2.75) is 56.7 Å². The monoisotopic (exact) mass is 251 g/mol. The molecule has 1 saturated heterocycles. The summed E-state index contributed by atoms with van der Waals surface area (Å²) in [6, 6.07) is 1.32. The quantitative estimate of drug-likeness (QED) is 0.810. The highest BCUT2D eigenvalue weighted by Gasteiger charge is 2.66. The highest BCUT2D eigenvalue weighted by atomic mass is 16.5. The van der Waals surface area contributed by atoms with Crippen LogP contribution in [0.2, 0.25) is 0 Å². The van der Waals surface area contributed by atoms with Gasteiger partial charge in [-0.15, -0.1) is 0 Å². The van der Waals surface area contributed by atoms with Crippen LogP contribution >= 0.6 is 0 Å². The van der Waals surface area contributed by atoms with Crippen LogP contribution in [0.5, 0.6) is 0 Å². The molecular weight excluding hydrogens is 226 g/mol. The number of ether oxygens (including phenoxy) is 2. The first-order valence-electron chi connectivity index (χ1n) is 7.72. The lowest BCUT2D eigenvalue weighted by atomic mass is 9.46. The van der Waals surface area contributed by atoms with Crippen molar-refractivity contribution in [3.05, 3.63) is 0 Å². The molecule has 4 rings (SSSR count). The highest BCUT2D eigenvalue weighted by molar-refractivity contribution is 5.19. The van der Waals surface area contributed by atoms with E-state index >= 15 is 0 Å². The topological polar surface area (TPSA) is 30.5 Å². The second kappa shape index (κ2) is 4.19. The fraction of sp³-hybridized carbons (Fsp3) is 1.00. The number of hydrogen-bond acceptors (Lipinski definition) is 3. The molecule has 1 spiro atoms. The molecular formula is C15H25NO2. The highest BCUT2D eigenvalue weighted by Crippen LogP contribution is 2.63. The molecule has 1 N–H and O–H groups in total. The van der Waals surface area contributed by atoms with Crippen LogP contribution in [0.3, 0.4) is 0 Å². The van der Waals surface area contributed by atoms with Gasteiger partial charge in [-0.25, -0.2) is 0 Å². The fourth-order valence-electron chi connectivity index (χ4n) is 4.72. The Balaban J connectivity index is 1.46. The zero-order valence-corrected chi connectivity index (χ0v) is 11.4. The third-order valence-corrected chi connectivity index (χ3v) is 5.97. The van der Waals surface area contributed by atoms with Crippen molar-refractivity contribution in [2.75, 3.05) is 20.3 Å². The molecule has 0 aromatic rings. The van der Waals surface area contributed by atoms with E-state index in [4.69, 9.17) is 9.47 Å². The first-order valence-corrected chi connectivity index (χ1v) is 7.72. The fourth-order valence-corrected chi connectivity index (χ4v) is 4.72. The maximum atomic E-state index is 5.99. The molecule has 18 heavy (non-hydrogen) atoms. The Morgan fingerprint density at radius 2 is 2.17 bits per heavy atom. The Morgan fingerprint density at radius 3 is 2.78 bits per heavy atom. The summed E-state index contributed by atoms with van der Waals surface area (Å²) < 4.78 is 11.4. The van der Waals surface area contributed by atoms with Crippen LogP contribution in [0.25, 0.3) is 0 Å². The molecule has 102 valence electrons. The molecule has 1 heterocycles. The van der Waals surface area contributed by atoms with E-state index in [1.54, 1.807) is 0 Å². The van der Waals surface area contributed by atoms with Gasteiger partial charge in [-0.1, -0.05) is 6.42 Å². The first kappa shape index (κ1) is 11.7. The average Bonchev–Trinajstić information content (AvgIpc) is 3.05. The summed E-state index contributed by atoms with van der Waals surface area (Å²) in [5, 5.41) is 3.98. The lowest BCUT2D eigenvalue weighted by molar-refractivity contribution is -0.179. The summed E-state index contributed by atoms with van der Waals surface area (Å²) in [5.74, 6) is 1.67. The van der Waals surface area contributed by atoms with Crippen LogP contribution in [0.15, 0.2) is 0 Å². The Morgan fingerprint density at radius 1 is 1.33 bits per heavy atom. The van der Waals surface area contributed by atoms with E-state index in [0.717, 1.165) is 31.1 Å². The molecule has 0 amide bonds. The minimum absolute atomic E-state index is 0.516. The lowest BCUT2D eigenvalue weighted by Crippen LogP contribution is -2.72. The SMILES string of the molecule is COC[C@H](N[C@@H]1[C@H]2CCO[C@H]2C12CCC2)C1CC1. The van der Waals surface area contributed by atoms with Crippen LogP contribution in [0.4, 0.5) is 0 Å². The Bertz CT molecular complexity index is 324. The second-order valence-electron chi connectivity index (χ2n) is 6.87. The van der Waals surface area contributed by atoms with Gasteiger partial charge in [-0.2, -0.15) is 0 Å². The smallest absolute Gasteiger partial charge is 0.0690 e. The molecule has 3 saturated carbocycles. The molecule has 0 bridgehead atoms. The van der Waals surface area contributed by atoms with Gasteiger partial charge >= 0.3 is 0 Å². The van der Waals surface area contributed by atoms with Crippen molar-refractivity contribution < 1.29 is 9.47 Å². The molecule has 4 aliphatic rings. The minimum atomic E-state index is 0.516. The van der Waals surface area contributed by atoms with Gasteiger partial charge < -0.3 is 14.8 Å². The first-order chi connectivity index (χ1) is 8.85. The predicted octanol–water partition coefficient (Wildman–Crippen LogP) is 1.96. The maximum absolute atomic E-state index is 5.99. The summed E-state index contributed by atoms with van der Waals surface area (Å²) in [5.41, 5.74) is 0.516. The van der Waals surface area contributed by atoms with Crippen molar-refractivity contribution >= 4 is 0 Å². The molecule has 0 unspecified atom stereocenters. The van der Waals surface area contributed by atoms with Crippen LogP contribution in [0.1, 0.15) is 38.5 Å². The summed E-state index contributed by atoms with van der Waals surface area (Å²) in [6.45, 7) is 1.88. The molecule has 4 atom stereocenters. The average molecular weight is 251 g/mol. The molecule has 3 heteroatoms. The normalized spacial score (nSPS) is 42.2. The number of methoxy groups -OCH3 is 1. The van der Waals surface area contributed by atoms with Gasteiger partial charge in [0.25, 0.3) is 0 Å². The second-order valence-corrected chi connectivity index (χ2v) is 6.87. The molecule has 0 aromatic carbocycles. The van der Waals surface area contributed by atoms with Gasteiger partial charge in [0.1, 0.15) is 0 Å². The summed E-state index contributed by atoms with van der Waals surface area (Å²) in [6.07, 6.45) is 8.83. The number of nitrogens with one attached hydrogen (secondary N) is 1. The molecule has 3 nitrogen and oxygen atoms in total. The maximum Gasteiger partial charge on any atom is 0.0690 e. The number of hydrogen-bond donors (Lipinski definition) is 1. The molecule has 4 fully saturated rings. The number of rotatable bonds is 5. The summed E-state index contributed by atoms with van der Waals surface area (Å²) >= 11 is 0. The Labute approximate surface area is 110 Å². The number of fused-ring (bicyclic) bond motifs is 2. The van der Waals surface area contributed by atoms with E-state index in [2.05, 4.69) is 5.32 Å². The molecule has 1 aliphatic heterocycles. The van der Waals surface area contributed by atoms with Crippen molar-refractivity contribution in [3.8, 4) is 0 Å². The predicted molar refractivity (Wildman–Crippen MR) is 69.4 cm³/mol. The van der Waals surface area contributed by atoms with E-state index in [0.29, 0.717) is 17.6 Å². The van der Waals surface area contributed by atoms with Gasteiger partial charge in [-0.05, 0) is 38.0 Å². The standard InChI is InChI=1S/C15H25NO2/c1-17-9-12(10-3-4-10)16-13-11-5-8-18-14(11)15(13)6-2-7-15/h10-14,16H,2-9H2,1H3/t11-,12+,13-,14-/m1/s1. The summed E-state index contributed by atoms with van der Waals surface area (Å²) in [7, 11) is 1.83. The van der Waals surface area contributed by atoms with Gasteiger partial charge in [0.2, 0.25) is 0 Å². The third-order valence-electron chi connectivity index (χ3n) is 5.97. The van der Waals surface area contributed by atoms with Crippen molar-refractivity contribution in [1.82, 2.24) is 5.32 Å². The van der Waals surface area contributed by atoms with Crippen molar-refractivity contribution in [3.63, 3.8) is 0 Å². The molecule has 0 radical (unpaired) electrons. The van der Waals surface area contributed by atoms with Gasteiger partial charge in [0, 0.05) is 37.1 Å². The zero-order valence-electron chi connectivity index (χ0n) is 11.4. The van der Waals surface area contributed by atoms with E-state index < -0.39 is 0 Å². The van der Waals surface area contributed by atoms with Crippen LogP contribution in [-0.4, -0.2) is 38.5 Å². The molecule has 0 aromatic heterocycles. The van der Waals surface area contributed by atoms with Crippen LogP contribution in [0, 0.1) is 17.3 Å². The largest absolute Gasteiger partial charge is 0.383 e. The molecule has 3 aliphatic carbocycles. The van der Waals surface area contributed by atoms with Crippen molar-refractivity contribution in [1.29, 1.82) is 0 Å². The van der Waals surface area contributed by atoms with Crippen molar-refractivity contribution in [2.24, 2.45) is 17.3 Å². The Hall–Kier alpha value is -0.120.